The van der Waals surface area contributed by atoms with Gasteiger partial charge in [-0.3, -0.25) is 0 Å². The second kappa shape index (κ2) is 10.0. The van der Waals surface area contributed by atoms with E-state index in [2.05, 4.69) is 86.4 Å². The van der Waals surface area contributed by atoms with Crippen LogP contribution < -0.4 is 0 Å². The van der Waals surface area contributed by atoms with Gasteiger partial charge >= 0.3 is 0 Å². The topological polar surface area (TPSA) is 25.8 Å². The minimum atomic E-state index is 0.530. The maximum Gasteiger partial charge on any atom is 0.133 e. The van der Waals surface area contributed by atoms with Gasteiger partial charge in [-0.05, 0) is 67.0 Å². The zero-order valence-electron chi connectivity index (χ0n) is 18.6. The first-order valence-electron chi connectivity index (χ1n) is 11.1. The number of hydrogen-bond donors (Lipinski definition) is 0. The molecule has 0 saturated heterocycles. The van der Waals surface area contributed by atoms with Crippen LogP contribution in [0.3, 0.4) is 0 Å². The van der Waals surface area contributed by atoms with Crippen LogP contribution in [0.2, 0.25) is 0 Å². The van der Waals surface area contributed by atoms with Crippen molar-refractivity contribution < 1.29 is 0 Å². The Labute approximate surface area is 190 Å². The molecule has 2 nitrogen and oxygen atoms in total. The van der Waals surface area contributed by atoms with Gasteiger partial charge in [-0.2, -0.15) is 0 Å². The Morgan fingerprint density at radius 1 is 0.871 bits per heavy atom. The van der Waals surface area contributed by atoms with Crippen LogP contribution in [0, 0.1) is 6.92 Å². The Hall–Kier alpha value is -2.78. The van der Waals surface area contributed by atoms with Crippen molar-refractivity contribution in [3.63, 3.8) is 0 Å². The standard InChI is InChI=1S/C28H30N2S/c1-20(2)24-11-5-10-23(18-24)19-28-29-16-15-26(30-28)27-14-13-25(31-27)12-6-9-22-8-4-7-21(3)17-22/h4-5,7-8,10-11,13-18,20H,6,9,12,19H2,1-3H3. The van der Waals surface area contributed by atoms with Gasteiger partial charge in [-0.25, -0.2) is 9.97 Å². The summed E-state index contributed by atoms with van der Waals surface area (Å²) in [4.78, 5) is 12.0. The Kier molecular flexibility index (Phi) is 6.93. The summed E-state index contributed by atoms with van der Waals surface area (Å²) in [5.74, 6) is 1.41. The van der Waals surface area contributed by atoms with Gasteiger partial charge in [0.25, 0.3) is 0 Å². The van der Waals surface area contributed by atoms with E-state index in [1.807, 2.05) is 23.6 Å². The Morgan fingerprint density at radius 2 is 1.71 bits per heavy atom. The van der Waals surface area contributed by atoms with Crippen molar-refractivity contribution >= 4 is 11.3 Å². The summed E-state index contributed by atoms with van der Waals surface area (Å²) in [5, 5.41) is 0. The lowest BCUT2D eigenvalue weighted by molar-refractivity contribution is 0.830. The van der Waals surface area contributed by atoms with Crippen LogP contribution in [-0.4, -0.2) is 9.97 Å². The molecule has 0 amide bonds. The van der Waals surface area contributed by atoms with Crippen LogP contribution in [0.5, 0.6) is 0 Å². The molecule has 2 aromatic carbocycles. The fraction of sp³-hybridized carbons (Fsp3) is 0.286. The van der Waals surface area contributed by atoms with Gasteiger partial charge in [0.15, 0.2) is 0 Å². The average molecular weight is 427 g/mol. The molecule has 0 atom stereocenters. The third-order valence-electron chi connectivity index (χ3n) is 5.57. The number of aromatic nitrogens is 2. The summed E-state index contributed by atoms with van der Waals surface area (Å²) in [6, 6.07) is 24.1. The fourth-order valence-electron chi connectivity index (χ4n) is 3.85. The molecule has 31 heavy (non-hydrogen) atoms. The molecule has 2 heterocycles. The van der Waals surface area contributed by atoms with Gasteiger partial charge in [-0.1, -0.05) is 67.9 Å². The minimum Gasteiger partial charge on any atom is -0.241 e. The SMILES string of the molecule is Cc1cccc(CCCc2ccc(-c3ccnc(Cc4cccc(C(C)C)c4)n3)s2)c1. The van der Waals surface area contributed by atoms with Crippen LogP contribution in [-0.2, 0) is 19.3 Å². The molecule has 0 aliphatic carbocycles. The normalized spacial score (nSPS) is 11.2. The van der Waals surface area contributed by atoms with Crippen LogP contribution in [0.4, 0.5) is 0 Å². The highest BCUT2D eigenvalue weighted by Gasteiger charge is 2.08. The lowest BCUT2D eigenvalue weighted by atomic mass is 9.99. The largest absolute Gasteiger partial charge is 0.241 e. The van der Waals surface area contributed by atoms with E-state index in [1.54, 1.807) is 0 Å². The van der Waals surface area contributed by atoms with Crippen molar-refractivity contribution in [1.82, 2.24) is 9.97 Å². The lowest BCUT2D eigenvalue weighted by Crippen LogP contribution is -1.98. The molecule has 0 bridgehead atoms. The molecule has 0 radical (unpaired) electrons. The second-order valence-corrected chi connectivity index (χ2v) is 9.71. The van der Waals surface area contributed by atoms with Crippen molar-refractivity contribution in [3.8, 4) is 10.6 Å². The van der Waals surface area contributed by atoms with Gasteiger partial charge in [0.2, 0.25) is 0 Å². The minimum absolute atomic E-state index is 0.530. The van der Waals surface area contributed by atoms with E-state index in [0.717, 1.165) is 30.8 Å². The van der Waals surface area contributed by atoms with E-state index in [9.17, 15) is 0 Å². The maximum atomic E-state index is 4.86. The molecule has 0 aliphatic rings. The van der Waals surface area contributed by atoms with Crippen LogP contribution in [0.25, 0.3) is 10.6 Å². The van der Waals surface area contributed by atoms with Crippen LogP contribution in [0.1, 0.15) is 59.1 Å². The van der Waals surface area contributed by atoms with Crippen molar-refractivity contribution in [2.24, 2.45) is 0 Å². The number of benzene rings is 2. The summed E-state index contributed by atoms with van der Waals surface area (Å²) in [6.07, 6.45) is 6.06. The molecule has 158 valence electrons. The highest BCUT2D eigenvalue weighted by atomic mass is 32.1. The zero-order chi connectivity index (χ0) is 21.6. The van der Waals surface area contributed by atoms with Crippen LogP contribution >= 0.6 is 11.3 Å². The Morgan fingerprint density at radius 3 is 2.55 bits per heavy atom. The van der Waals surface area contributed by atoms with Crippen molar-refractivity contribution in [3.05, 3.63) is 106 Å². The van der Waals surface area contributed by atoms with E-state index in [0.29, 0.717) is 5.92 Å². The van der Waals surface area contributed by atoms with E-state index in [1.165, 1.54) is 38.4 Å². The molecule has 0 fully saturated rings. The summed E-state index contributed by atoms with van der Waals surface area (Å²) >= 11 is 1.86. The number of rotatable bonds is 8. The van der Waals surface area contributed by atoms with Gasteiger partial charge in [0.1, 0.15) is 5.82 Å². The molecule has 2 aromatic heterocycles. The number of aryl methyl sites for hydroxylation is 3. The van der Waals surface area contributed by atoms with Gasteiger partial charge < -0.3 is 0 Å². The smallest absolute Gasteiger partial charge is 0.133 e. The van der Waals surface area contributed by atoms with Crippen molar-refractivity contribution in [2.75, 3.05) is 0 Å². The lowest BCUT2D eigenvalue weighted by Gasteiger charge is -2.08. The predicted octanol–water partition coefficient (Wildman–Crippen LogP) is 7.40. The highest BCUT2D eigenvalue weighted by Crippen LogP contribution is 2.28. The van der Waals surface area contributed by atoms with E-state index >= 15 is 0 Å². The third-order valence-corrected chi connectivity index (χ3v) is 6.74. The van der Waals surface area contributed by atoms with Crippen molar-refractivity contribution in [1.29, 1.82) is 0 Å². The maximum absolute atomic E-state index is 4.86. The number of hydrogen-bond acceptors (Lipinski definition) is 3. The van der Waals surface area contributed by atoms with E-state index < -0.39 is 0 Å². The second-order valence-electron chi connectivity index (χ2n) is 8.54. The Bertz CT molecular complexity index is 1140. The first-order valence-corrected chi connectivity index (χ1v) is 11.9. The monoisotopic (exact) mass is 426 g/mol. The summed E-state index contributed by atoms with van der Waals surface area (Å²) in [7, 11) is 0. The molecule has 0 aliphatic heterocycles. The average Bonchev–Trinajstić information content (AvgIpc) is 3.23. The number of thiophene rings is 1. The van der Waals surface area contributed by atoms with Gasteiger partial charge in [-0.15, -0.1) is 11.3 Å². The molecule has 0 unspecified atom stereocenters. The van der Waals surface area contributed by atoms with E-state index in [4.69, 9.17) is 4.98 Å². The Balaban J connectivity index is 1.40. The summed E-state index contributed by atoms with van der Waals surface area (Å²) < 4.78 is 0. The third kappa shape index (κ3) is 5.89. The fourth-order valence-corrected chi connectivity index (χ4v) is 4.87. The molecule has 0 saturated carbocycles. The first-order chi connectivity index (χ1) is 15.1. The molecule has 3 heteroatoms. The number of nitrogens with zero attached hydrogens (tertiary/aromatic N) is 2. The molecular formula is C28H30N2S. The van der Waals surface area contributed by atoms with Gasteiger partial charge in [0.05, 0.1) is 10.6 Å². The summed E-state index contributed by atoms with van der Waals surface area (Å²) in [6.45, 7) is 6.61. The van der Waals surface area contributed by atoms with Crippen molar-refractivity contribution in [2.45, 2.75) is 52.4 Å². The zero-order valence-corrected chi connectivity index (χ0v) is 19.5. The molecule has 4 rings (SSSR count). The summed E-state index contributed by atoms with van der Waals surface area (Å²) in [5.41, 5.74) is 6.43. The first kappa shape index (κ1) is 21.5. The highest BCUT2D eigenvalue weighted by molar-refractivity contribution is 7.15. The molecule has 0 spiro atoms. The molecular weight excluding hydrogens is 396 g/mol. The quantitative estimate of drug-likeness (QED) is 0.293. The van der Waals surface area contributed by atoms with E-state index in [-0.39, 0.29) is 0 Å². The van der Waals surface area contributed by atoms with Gasteiger partial charge in [0, 0.05) is 17.5 Å². The predicted molar refractivity (Wildman–Crippen MR) is 132 cm³/mol. The molecule has 4 aromatic rings. The molecule has 0 N–H and O–H groups in total. The van der Waals surface area contributed by atoms with Crippen LogP contribution in [0.15, 0.2) is 72.9 Å².